The standard InChI is InChI=1S/C24H22FN3O3/c25-19-9-11-20(12-10-19)27-23(29)17-7-5-16(6-8-17)14-26-24(30)28-21-13-18-3-1-2-4-22(18)31-15-21/h1-12,21H,13-15H2,(H,27,29)(H2,26,28,30). The van der Waals surface area contributed by atoms with E-state index in [0.717, 1.165) is 23.3 Å². The monoisotopic (exact) mass is 419 g/mol. The number of hydrogen-bond acceptors (Lipinski definition) is 3. The summed E-state index contributed by atoms with van der Waals surface area (Å²) in [6.07, 6.45) is 0.724. The maximum absolute atomic E-state index is 13.0. The molecule has 0 spiro atoms. The number of anilines is 1. The Labute approximate surface area is 179 Å². The van der Waals surface area contributed by atoms with Crippen LogP contribution in [-0.2, 0) is 13.0 Å². The van der Waals surface area contributed by atoms with Gasteiger partial charge in [0.25, 0.3) is 5.91 Å². The highest BCUT2D eigenvalue weighted by Crippen LogP contribution is 2.23. The fourth-order valence-electron chi connectivity index (χ4n) is 3.35. The number of rotatable bonds is 5. The summed E-state index contributed by atoms with van der Waals surface area (Å²) < 4.78 is 18.6. The average Bonchev–Trinajstić information content (AvgIpc) is 2.79. The Morgan fingerprint density at radius 3 is 2.48 bits per heavy atom. The molecule has 1 aliphatic heterocycles. The molecule has 3 amide bonds. The molecule has 0 fully saturated rings. The number of fused-ring (bicyclic) bond motifs is 1. The van der Waals surface area contributed by atoms with Gasteiger partial charge in [-0.2, -0.15) is 0 Å². The van der Waals surface area contributed by atoms with Crippen molar-refractivity contribution in [1.29, 1.82) is 0 Å². The lowest BCUT2D eigenvalue weighted by Gasteiger charge is -2.26. The van der Waals surface area contributed by atoms with Gasteiger partial charge in [0.1, 0.15) is 18.2 Å². The minimum atomic E-state index is -0.361. The molecule has 7 heteroatoms. The summed E-state index contributed by atoms with van der Waals surface area (Å²) in [4.78, 5) is 24.5. The third-order valence-corrected chi connectivity index (χ3v) is 4.99. The van der Waals surface area contributed by atoms with Crippen molar-refractivity contribution in [2.75, 3.05) is 11.9 Å². The second-order valence-electron chi connectivity index (χ2n) is 7.30. The Hall–Kier alpha value is -3.87. The van der Waals surface area contributed by atoms with Gasteiger partial charge >= 0.3 is 6.03 Å². The summed E-state index contributed by atoms with van der Waals surface area (Å²) in [6.45, 7) is 0.762. The summed E-state index contributed by atoms with van der Waals surface area (Å²) in [7, 11) is 0. The van der Waals surface area contributed by atoms with E-state index in [-0.39, 0.29) is 23.8 Å². The fourth-order valence-corrected chi connectivity index (χ4v) is 3.35. The summed E-state index contributed by atoms with van der Waals surface area (Å²) in [5.74, 6) is 0.214. The van der Waals surface area contributed by atoms with Crippen LogP contribution in [-0.4, -0.2) is 24.6 Å². The molecule has 4 rings (SSSR count). The van der Waals surface area contributed by atoms with Gasteiger partial charge in [0, 0.05) is 17.8 Å². The van der Waals surface area contributed by atoms with Gasteiger partial charge in [0.2, 0.25) is 0 Å². The molecule has 1 heterocycles. The molecule has 0 aliphatic carbocycles. The van der Waals surface area contributed by atoms with Crippen LogP contribution in [0.1, 0.15) is 21.5 Å². The van der Waals surface area contributed by atoms with Gasteiger partial charge in [-0.25, -0.2) is 9.18 Å². The highest BCUT2D eigenvalue weighted by atomic mass is 19.1. The van der Waals surface area contributed by atoms with E-state index in [4.69, 9.17) is 4.74 Å². The highest BCUT2D eigenvalue weighted by molar-refractivity contribution is 6.04. The van der Waals surface area contributed by atoms with Crippen molar-refractivity contribution in [3.8, 4) is 5.75 Å². The second kappa shape index (κ2) is 9.30. The Balaban J connectivity index is 1.25. The summed E-state index contributed by atoms with van der Waals surface area (Å²) >= 11 is 0. The van der Waals surface area contributed by atoms with Gasteiger partial charge in [-0.3, -0.25) is 4.79 Å². The van der Waals surface area contributed by atoms with E-state index < -0.39 is 0 Å². The van der Waals surface area contributed by atoms with Crippen LogP contribution in [0, 0.1) is 5.82 Å². The summed E-state index contributed by atoms with van der Waals surface area (Å²) in [6, 6.07) is 19.9. The van der Waals surface area contributed by atoms with Crippen LogP contribution in [0.3, 0.4) is 0 Å². The molecule has 1 aliphatic rings. The molecule has 3 N–H and O–H groups in total. The summed E-state index contributed by atoms with van der Waals surface area (Å²) in [5, 5.41) is 8.46. The first-order chi connectivity index (χ1) is 15.1. The van der Waals surface area contributed by atoms with Crippen molar-refractivity contribution >= 4 is 17.6 Å². The number of para-hydroxylation sites is 1. The fraction of sp³-hybridized carbons (Fsp3) is 0.167. The first kappa shape index (κ1) is 20.4. The lowest BCUT2D eigenvalue weighted by molar-refractivity contribution is 0.102. The van der Waals surface area contributed by atoms with Gasteiger partial charge < -0.3 is 20.7 Å². The molecule has 0 saturated heterocycles. The lowest BCUT2D eigenvalue weighted by Crippen LogP contribution is -2.47. The predicted octanol–water partition coefficient (Wildman–Crippen LogP) is 3.88. The van der Waals surface area contributed by atoms with E-state index >= 15 is 0 Å². The molecule has 158 valence electrons. The van der Waals surface area contributed by atoms with Crippen LogP contribution in [0.15, 0.2) is 72.8 Å². The molecule has 0 bridgehead atoms. The third kappa shape index (κ3) is 5.39. The van der Waals surface area contributed by atoms with E-state index in [9.17, 15) is 14.0 Å². The lowest BCUT2D eigenvalue weighted by atomic mass is 10.0. The number of amides is 3. The van der Waals surface area contributed by atoms with Gasteiger partial charge in [-0.1, -0.05) is 30.3 Å². The Bertz CT molecular complexity index is 1070. The molecule has 3 aromatic carbocycles. The Morgan fingerprint density at radius 1 is 0.968 bits per heavy atom. The topological polar surface area (TPSA) is 79.5 Å². The quantitative estimate of drug-likeness (QED) is 0.587. The van der Waals surface area contributed by atoms with Crippen LogP contribution in [0.4, 0.5) is 14.9 Å². The van der Waals surface area contributed by atoms with Crippen molar-refractivity contribution in [1.82, 2.24) is 10.6 Å². The number of urea groups is 1. The maximum atomic E-state index is 13.0. The van der Waals surface area contributed by atoms with Gasteiger partial charge in [0.05, 0.1) is 6.04 Å². The summed E-state index contributed by atoms with van der Waals surface area (Å²) in [5.41, 5.74) is 2.92. The molecule has 31 heavy (non-hydrogen) atoms. The van der Waals surface area contributed by atoms with E-state index in [0.29, 0.717) is 24.4 Å². The molecule has 3 aromatic rings. The van der Waals surface area contributed by atoms with Crippen LogP contribution < -0.4 is 20.7 Å². The number of halogens is 1. The normalized spacial score (nSPS) is 14.7. The largest absolute Gasteiger partial charge is 0.491 e. The van der Waals surface area contributed by atoms with Crippen molar-refractivity contribution in [2.45, 2.75) is 19.0 Å². The molecular formula is C24H22FN3O3. The Morgan fingerprint density at radius 2 is 1.71 bits per heavy atom. The number of hydrogen-bond donors (Lipinski definition) is 3. The molecule has 0 radical (unpaired) electrons. The number of ether oxygens (including phenoxy) is 1. The smallest absolute Gasteiger partial charge is 0.315 e. The number of nitrogens with one attached hydrogen (secondary N) is 3. The molecule has 0 saturated carbocycles. The minimum absolute atomic E-state index is 0.0903. The number of benzene rings is 3. The molecule has 1 atom stereocenters. The van der Waals surface area contributed by atoms with Crippen LogP contribution in [0.5, 0.6) is 5.75 Å². The molecule has 1 unspecified atom stereocenters. The maximum Gasteiger partial charge on any atom is 0.315 e. The molecule has 0 aromatic heterocycles. The van der Waals surface area contributed by atoms with Crippen LogP contribution in [0.25, 0.3) is 0 Å². The van der Waals surface area contributed by atoms with Crippen LogP contribution >= 0.6 is 0 Å². The van der Waals surface area contributed by atoms with E-state index in [1.54, 1.807) is 24.3 Å². The second-order valence-corrected chi connectivity index (χ2v) is 7.30. The average molecular weight is 419 g/mol. The highest BCUT2D eigenvalue weighted by Gasteiger charge is 2.20. The van der Waals surface area contributed by atoms with Crippen molar-refractivity contribution in [3.05, 3.63) is 95.3 Å². The first-order valence-corrected chi connectivity index (χ1v) is 9.98. The number of carbonyl (C=O) groups is 2. The number of carbonyl (C=O) groups excluding carboxylic acids is 2. The van der Waals surface area contributed by atoms with Crippen molar-refractivity contribution < 1.29 is 18.7 Å². The zero-order valence-electron chi connectivity index (χ0n) is 16.7. The predicted molar refractivity (Wildman–Crippen MR) is 116 cm³/mol. The van der Waals surface area contributed by atoms with Crippen molar-refractivity contribution in [2.24, 2.45) is 0 Å². The molecule has 6 nitrogen and oxygen atoms in total. The van der Waals surface area contributed by atoms with E-state index in [1.165, 1.54) is 24.3 Å². The zero-order chi connectivity index (χ0) is 21.6. The van der Waals surface area contributed by atoms with Crippen LogP contribution in [0.2, 0.25) is 0 Å². The van der Waals surface area contributed by atoms with E-state index in [1.807, 2.05) is 24.3 Å². The van der Waals surface area contributed by atoms with Crippen molar-refractivity contribution in [3.63, 3.8) is 0 Å². The zero-order valence-corrected chi connectivity index (χ0v) is 16.7. The Kier molecular flexibility index (Phi) is 6.12. The van der Waals surface area contributed by atoms with Gasteiger partial charge in [-0.05, 0) is 60.0 Å². The first-order valence-electron chi connectivity index (χ1n) is 9.98. The third-order valence-electron chi connectivity index (χ3n) is 4.99. The van der Waals surface area contributed by atoms with Gasteiger partial charge in [0.15, 0.2) is 0 Å². The van der Waals surface area contributed by atoms with E-state index in [2.05, 4.69) is 16.0 Å². The molecular weight excluding hydrogens is 397 g/mol. The van der Waals surface area contributed by atoms with Gasteiger partial charge in [-0.15, -0.1) is 0 Å². The minimum Gasteiger partial charge on any atom is -0.491 e. The SMILES string of the molecule is O=C(NCc1ccc(C(=O)Nc2ccc(F)cc2)cc1)NC1COc2ccccc2C1.